The molecule has 19 heavy (non-hydrogen) atoms. The fourth-order valence-electron chi connectivity index (χ4n) is 2.16. The Morgan fingerprint density at radius 3 is 2.42 bits per heavy atom. The van der Waals surface area contributed by atoms with E-state index in [1.807, 2.05) is 6.92 Å². The molecule has 1 aromatic rings. The fourth-order valence-corrected chi connectivity index (χ4v) is 3.79. The lowest BCUT2D eigenvalue weighted by Crippen LogP contribution is -2.33. The molecular formula is C12H18Cl2N2O2S. The molecule has 0 amide bonds. The van der Waals surface area contributed by atoms with Gasteiger partial charge in [-0.15, -0.1) is 12.4 Å². The van der Waals surface area contributed by atoms with Crippen LogP contribution in [0.1, 0.15) is 13.3 Å². The molecule has 1 aromatic carbocycles. The van der Waals surface area contributed by atoms with Gasteiger partial charge in [0.05, 0.1) is 4.90 Å². The van der Waals surface area contributed by atoms with Crippen LogP contribution in [0.5, 0.6) is 0 Å². The maximum Gasteiger partial charge on any atom is 0.243 e. The number of hydrogen-bond acceptors (Lipinski definition) is 3. The van der Waals surface area contributed by atoms with E-state index in [-0.39, 0.29) is 29.3 Å². The predicted molar refractivity (Wildman–Crippen MR) is 79.2 cm³/mol. The quantitative estimate of drug-likeness (QED) is 0.926. The third-order valence-corrected chi connectivity index (χ3v) is 5.51. The molecule has 7 heteroatoms. The molecule has 1 aliphatic rings. The minimum Gasteiger partial charge on any atom is -0.328 e. The van der Waals surface area contributed by atoms with E-state index in [1.54, 1.807) is 12.1 Å². The first-order valence-corrected chi connectivity index (χ1v) is 7.74. The average molecular weight is 325 g/mol. The first kappa shape index (κ1) is 16.7. The van der Waals surface area contributed by atoms with Crippen molar-refractivity contribution in [3.05, 3.63) is 29.3 Å². The van der Waals surface area contributed by atoms with Gasteiger partial charge in [0.1, 0.15) is 0 Å². The molecule has 0 spiro atoms. The number of nitrogens with zero attached hydrogens (tertiary/aromatic N) is 1. The molecule has 2 rings (SSSR count). The predicted octanol–water partition coefficient (Wildman–Crippen LogP) is 2.12. The van der Waals surface area contributed by atoms with Gasteiger partial charge in [-0.25, -0.2) is 8.42 Å². The van der Waals surface area contributed by atoms with E-state index < -0.39 is 10.0 Å². The second-order valence-corrected chi connectivity index (χ2v) is 7.10. The monoisotopic (exact) mass is 324 g/mol. The Bertz CT molecular complexity index is 517. The third-order valence-electron chi connectivity index (χ3n) is 3.38. The Labute approximate surface area is 125 Å². The van der Waals surface area contributed by atoms with Gasteiger partial charge in [-0.05, 0) is 43.5 Å². The number of sulfonamides is 1. The highest BCUT2D eigenvalue weighted by molar-refractivity contribution is 7.89. The summed E-state index contributed by atoms with van der Waals surface area (Å²) in [5, 5.41) is 0.531. The molecule has 1 fully saturated rings. The smallest absolute Gasteiger partial charge is 0.243 e. The van der Waals surface area contributed by atoms with Gasteiger partial charge in [0.15, 0.2) is 0 Å². The molecule has 0 radical (unpaired) electrons. The molecule has 0 aliphatic carbocycles. The Balaban J connectivity index is 0.00000180. The van der Waals surface area contributed by atoms with Crippen molar-refractivity contribution < 1.29 is 8.42 Å². The number of hydrogen-bond donors (Lipinski definition) is 1. The highest BCUT2D eigenvalue weighted by Crippen LogP contribution is 2.26. The van der Waals surface area contributed by atoms with E-state index in [1.165, 1.54) is 16.4 Å². The number of halogens is 2. The lowest BCUT2D eigenvalue weighted by Gasteiger charge is -2.18. The van der Waals surface area contributed by atoms with Crippen LogP contribution in [0.25, 0.3) is 0 Å². The van der Waals surface area contributed by atoms with Crippen molar-refractivity contribution in [2.24, 2.45) is 11.7 Å². The number of benzene rings is 1. The second-order valence-electron chi connectivity index (χ2n) is 4.72. The zero-order chi connectivity index (χ0) is 13.3. The normalized spacial score (nSPS) is 21.9. The van der Waals surface area contributed by atoms with Crippen molar-refractivity contribution in [3.8, 4) is 0 Å². The van der Waals surface area contributed by atoms with Crippen LogP contribution < -0.4 is 5.73 Å². The average Bonchev–Trinajstić information content (AvgIpc) is 2.79. The van der Waals surface area contributed by atoms with Crippen LogP contribution in [0.4, 0.5) is 0 Å². The van der Waals surface area contributed by atoms with Crippen molar-refractivity contribution in [2.75, 3.05) is 13.1 Å². The van der Waals surface area contributed by atoms with Crippen LogP contribution in [-0.2, 0) is 10.0 Å². The van der Waals surface area contributed by atoms with E-state index in [2.05, 4.69) is 0 Å². The van der Waals surface area contributed by atoms with E-state index >= 15 is 0 Å². The maximum absolute atomic E-state index is 12.4. The molecule has 0 saturated carbocycles. The minimum atomic E-state index is -3.40. The van der Waals surface area contributed by atoms with Crippen LogP contribution in [0.15, 0.2) is 29.2 Å². The Kier molecular flexibility index (Phi) is 5.65. The Morgan fingerprint density at radius 2 is 1.95 bits per heavy atom. The summed E-state index contributed by atoms with van der Waals surface area (Å²) >= 11 is 5.76. The van der Waals surface area contributed by atoms with Gasteiger partial charge >= 0.3 is 0 Å². The summed E-state index contributed by atoms with van der Waals surface area (Å²) in [5.74, 6) is 0.243. The van der Waals surface area contributed by atoms with E-state index in [4.69, 9.17) is 17.3 Å². The van der Waals surface area contributed by atoms with E-state index in [9.17, 15) is 8.42 Å². The van der Waals surface area contributed by atoms with Gasteiger partial charge < -0.3 is 5.73 Å². The topological polar surface area (TPSA) is 63.4 Å². The zero-order valence-electron chi connectivity index (χ0n) is 10.6. The van der Waals surface area contributed by atoms with Crippen LogP contribution in [0, 0.1) is 5.92 Å². The van der Waals surface area contributed by atoms with Crippen molar-refractivity contribution >= 4 is 34.0 Å². The van der Waals surface area contributed by atoms with Gasteiger partial charge in [-0.2, -0.15) is 4.31 Å². The lowest BCUT2D eigenvalue weighted by molar-refractivity contribution is 0.429. The molecule has 1 aliphatic heterocycles. The lowest BCUT2D eigenvalue weighted by atomic mass is 10.0. The maximum atomic E-state index is 12.4. The second kappa shape index (κ2) is 6.41. The van der Waals surface area contributed by atoms with Crippen LogP contribution in [0.3, 0.4) is 0 Å². The van der Waals surface area contributed by atoms with Gasteiger partial charge in [0.2, 0.25) is 10.0 Å². The van der Waals surface area contributed by atoms with E-state index in [0.717, 1.165) is 6.42 Å². The molecular weight excluding hydrogens is 307 g/mol. The molecule has 1 heterocycles. The molecule has 2 unspecified atom stereocenters. The molecule has 108 valence electrons. The van der Waals surface area contributed by atoms with Gasteiger partial charge in [-0.1, -0.05) is 11.6 Å². The standard InChI is InChI=1S/C12H17ClN2O2S.ClH/c1-9(14)10-6-7-15(8-10)18(16,17)12-4-2-11(13)3-5-12;/h2-5,9-10H,6-8,14H2,1H3;1H. The van der Waals surface area contributed by atoms with Crippen LogP contribution in [-0.4, -0.2) is 31.9 Å². The summed E-state index contributed by atoms with van der Waals surface area (Å²) in [5.41, 5.74) is 5.82. The van der Waals surface area contributed by atoms with Gasteiger partial charge in [-0.3, -0.25) is 0 Å². The van der Waals surface area contributed by atoms with Crippen LogP contribution in [0.2, 0.25) is 5.02 Å². The zero-order valence-corrected chi connectivity index (χ0v) is 13.0. The van der Waals surface area contributed by atoms with Crippen molar-refractivity contribution in [1.82, 2.24) is 4.31 Å². The summed E-state index contributed by atoms with van der Waals surface area (Å²) in [6.07, 6.45) is 0.824. The van der Waals surface area contributed by atoms with Crippen molar-refractivity contribution in [2.45, 2.75) is 24.3 Å². The highest BCUT2D eigenvalue weighted by Gasteiger charge is 2.33. The molecule has 0 bridgehead atoms. The first-order valence-electron chi connectivity index (χ1n) is 5.92. The molecule has 2 N–H and O–H groups in total. The summed E-state index contributed by atoms with van der Waals surface area (Å²) in [6.45, 7) is 2.96. The first-order chi connectivity index (χ1) is 8.41. The van der Waals surface area contributed by atoms with Crippen LogP contribution >= 0.6 is 24.0 Å². The molecule has 1 saturated heterocycles. The molecule has 4 nitrogen and oxygen atoms in total. The largest absolute Gasteiger partial charge is 0.328 e. The Morgan fingerprint density at radius 1 is 1.37 bits per heavy atom. The summed E-state index contributed by atoms with van der Waals surface area (Å²) in [7, 11) is -3.40. The van der Waals surface area contributed by atoms with Crippen molar-refractivity contribution in [1.29, 1.82) is 0 Å². The van der Waals surface area contributed by atoms with E-state index in [0.29, 0.717) is 18.1 Å². The minimum absolute atomic E-state index is 0. The summed E-state index contributed by atoms with van der Waals surface area (Å²) in [6, 6.07) is 6.28. The summed E-state index contributed by atoms with van der Waals surface area (Å²) in [4.78, 5) is 0.289. The SMILES string of the molecule is CC(N)C1CCN(S(=O)(=O)c2ccc(Cl)cc2)C1.Cl. The molecule has 0 aromatic heterocycles. The number of nitrogens with two attached hydrogens (primary N) is 1. The Hall–Kier alpha value is -0.330. The fraction of sp³-hybridized carbons (Fsp3) is 0.500. The van der Waals surface area contributed by atoms with Gasteiger partial charge in [0, 0.05) is 24.2 Å². The number of rotatable bonds is 3. The molecule has 2 atom stereocenters. The van der Waals surface area contributed by atoms with Gasteiger partial charge in [0.25, 0.3) is 0 Å². The van der Waals surface area contributed by atoms with Crippen molar-refractivity contribution in [3.63, 3.8) is 0 Å². The highest BCUT2D eigenvalue weighted by atomic mass is 35.5. The summed E-state index contributed by atoms with van der Waals surface area (Å²) < 4.78 is 26.2. The third kappa shape index (κ3) is 3.61.